The van der Waals surface area contributed by atoms with E-state index < -0.39 is 0 Å². The molecule has 0 aliphatic carbocycles. The van der Waals surface area contributed by atoms with Crippen LogP contribution in [0.4, 0.5) is 34.1 Å². The molecule has 0 unspecified atom stereocenters. The molecule has 0 aromatic heterocycles. The largest absolute Gasteiger partial charge is 0.311 e. The summed E-state index contributed by atoms with van der Waals surface area (Å²) in [4.78, 5) is 5.19. The van der Waals surface area contributed by atoms with Gasteiger partial charge in [0.1, 0.15) is 0 Å². The highest BCUT2D eigenvalue weighted by Crippen LogP contribution is 2.50. The lowest BCUT2D eigenvalue weighted by Gasteiger charge is -2.45. The zero-order valence-electron chi connectivity index (χ0n) is 51.4. The summed E-state index contributed by atoms with van der Waals surface area (Å²) < 4.78 is 0. The molecular formula is C86H69BN2. The third kappa shape index (κ3) is 10.1. The number of benzene rings is 13. The van der Waals surface area contributed by atoms with Crippen molar-refractivity contribution in [2.24, 2.45) is 0 Å². The number of nitrogens with zero attached hydrogens (tertiary/aromatic N) is 2. The van der Waals surface area contributed by atoms with E-state index in [1.165, 1.54) is 94.3 Å². The van der Waals surface area contributed by atoms with Gasteiger partial charge in [0.2, 0.25) is 0 Å². The second kappa shape index (κ2) is 22.3. The Morgan fingerprint density at radius 2 is 0.506 bits per heavy atom. The van der Waals surface area contributed by atoms with Crippen LogP contribution in [-0.2, 0) is 10.8 Å². The molecule has 0 fully saturated rings. The van der Waals surface area contributed by atoms with E-state index in [4.69, 9.17) is 0 Å². The van der Waals surface area contributed by atoms with Gasteiger partial charge in [-0.05, 0) is 189 Å². The van der Waals surface area contributed by atoms with Crippen LogP contribution >= 0.6 is 0 Å². The molecule has 0 bridgehead atoms. The summed E-state index contributed by atoms with van der Waals surface area (Å²) in [5.41, 5.74) is 32.1. The first-order valence-electron chi connectivity index (χ1n) is 31.3. The fourth-order valence-corrected chi connectivity index (χ4v) is 14.2. The van der Waals surface area contributed by atoms with E-state index in [0.29, 0.717) is 0 Å². The van der Waals surface area contributed by atoms with Gasteiger partial charge in [-0.15, -0.1) is 0 Å². The zero-order valence-corrected chi connectivity index (χ0v) is 51.4. The first-order chi connectivity index (χ1) is 43.4. The van der Waals surface area contributed by atoms with Gasteiger partial charge in [0.15, 0.2) is 0 Å². The van der Waals surface area contributed by atoms with Crippen LogP contribution in [0, 0.1) is 0 Å². The van der Waals surface area contributed by atoms with E-state index >= 15 is 0 Å². The Kier molecular flexibility index (Phi) is 13.8. The fourth-order valence-electron chi connectivity index (χ4n) is 14.2. The molecule has 3 heteroatoms. The van der Waals surface area contributed by atoms with Crippen molar-refractivity contribution in [1.82, 2.24) is 0 Å². The van der Waals surface area contributed by atoms with Crippen molar-refractivity contribution in [1.29, 1.82) is 0 Å². The van der Waals surface area contributed by atoms with Gasteiger partial charge in [-0.3, -0.25) is 0 Å². The molecule has 0 saturated carbocycles. The van der Waals surface area contributed by atoms with Crippen molar-refractivity contribution in [3.05, 3.63) is 321 Å². The second-order valence-corrected chi connectivity index (χ2v) is 26.0. The Hall–Kier alpha value is -10.5. The Labute approximate surface area is 525 Å². The number of fused-ring (bicyclic) bond motifs is 4. The first-order valence-corrected chi connectivity index (χ1v) is 31.3. The molecule has 0 radical (unpaired) electrons. The standard InChI is InChI=1S/C86H69BN2/c1-85(2,3)74-40-23-19-36-70(74)62-46-48-80-76(56-62)87-77-57-63(71-37-20-24-41-75(71)86(4,5)6)47-49-81(77)89(79-43-26-22-39-73(79)69-54-66(60-32-15-9-16-33-60)51-67(55-69)61-34-17-10-18-35-61)83-45-27-44-82(84(83)87)88(80)78-42-25-21-38-72(78)68-52-64(58-28-11-7-12-29-58)50-65(53-68)59-30-13-8-14-31-59/h7-57H,1-6H3. The summed E-state index contributed by atoms with van der Waals surface area (Å²) in [5.74, 6) is 0. The predicted octanol–water partition coefficient (Wildman–Crippen LogP) is 21.7. The number of anilines is 6. The van der Waals surface area contributed by atoms with Crippen molar-refractivity contribution in [3.63, 3.8) is 0 Å². The summed E-state index contributed by atoms with van der Waals surface area (Å²) in [6.45, 7) is 13.9. The van der Waals surface area contributed by atoms with E-state index in [0.717, 1.165) is 56.4 Å². The van der Waals surface area contributed by atoms with E-state index in [-0.39, 0.29) is 17.5 Å². The third-order valence-corrected chi connectivity index (χ3v) is 18.3. The van der Waals surface area contributed by atoms with Gasteiger partial charge in [0.05, 0.1) is 11.4 Å². The lowest BCUT2D eigenvalue weighted by atomic mass is 9.33. The van der Waals surface area contributed by atoms with Crippen LogP contribution in [0.25, 0.3) is 89.0 Å². The van der Waals surface area contributed by atoms with E-state index in [1.54, 1.807) is 0 Å². The second-order valence-electron chi connectivity index (χ2n) is 26.0. The Bertz CT molecular complexity index is 4390. The van der Waals surface area contributed by atoms with Gasteiger partial charge in [-0.1, -0.05) is 278 Å². The number of hydrogen-bond acceptors (Lipinski definition) is 2. The lowest BCUT2D eigenvalue weighted by Crippen LogP contribution is -2.61. The molecule has 426 valence electrons. The van der Waals surface area contributed by atoms with E-state index in [2.05, 4.69) is 361 Å². The first kappa shape index (κ1) is 55.1. The Balaban J connectivity index is 1.02. The van der Waals surface area contributed by atoms with Crippen LogP contribution in [0.2, 0.25) is 0 Å². The predicted molar refractivity (Wildman–Crippen MR) is 381 cm³/mol. The summed E-state index contributed by atoms with van der Waals surface area (Å²) in [7, 11) is 0. The van der Waals surface area contributed by atoms with Crippen LogP contribution in [0.15, 0.2) is 309 Å². The minimum absolute atomic E-state index is 0.0900. The molecule has 0 N–H and O–H groups in total. The highest BCUT2D eigenvalue weighted by Gasteiger charge is 2.44. The SMILES string of the molecule is CC(C)(C)c1ccccc1-c1ccc2c(c1)B1c3cc(-c4ccccc4C(C)(C)C)ccc3N(c3ccccc3-c3cc(-c4ccccc4)cc(-c4ccccc4)c3)c3cccc(c31)N2c1ccccc1-c1cc(-c2ccccc2)cc(-c2ccccc2)c1. The zero-order chi connectivity index (χ0) is 60.4. The minimum Gasteiger partial charge on any atom is -0.311 e. The maximum atomic E-state index is 2.60. The van der Waals surface area contributed by atoms with Crippen molar-refractivity contribution in [3.8, 4) is 89.0 Å². The molecule has 0 saturated heterocycles. The minimum atomic E-state index is -0.154. The molecule has 13 aromatic carbocycles. The summed E-state index contributed by atoms with van der Waals surface area (Å²) >= 11 is 0. The third-order valence-electron chi connectivity index (χ3n) is 18.3. The molecule has 2 aliphatic rings. The summed E-state index contributed by atoms with van der Waals surface area (Å²) in [6.07, 6.45) is 0. The molecular weight excluding hydrogens is 1070 g/mol. The van der Waals surface area contributed by atoms with E-state index in [9.17, 15) is 0 Å². The maximum absolute atomic E-state index is 2.60. The van der Waals surface area contributed by atoms with Crippen LogP contribution in [0.1, 0.15) is 52.7 Å². The van der Waals surface area contributed by atoms with Gasteiger partial charge in [0, 0.05) is 33.9 Å². The summed E-state index contributed by atoms with van der Waals surface area (Å²) in [5, 5.41) is 0. The van der Waals surface area contributed by atoms with Crippen LogP contribution in [0.5, 0.6) is 0 Å². The lowest BCUT2D eigenvalue weighted by molar-refractivity contribution is 0.591. The molecule has 89 heavy (non-hydrogen) atoms. The highest BCUT2D eigenvalue weighted by atomic mass is 15.2. The average Bonchev–Trinajstić information content (AvgIpc) is 0.758. The quantitative estimate of drug-likeness (QED) is 0.126. The number of hydrogen-bond donors (Lipinski definition) is 0. The van der Waals surface area contributed by atoms with Gasteiger partial charge in [0.25, 0.3) is 6.71 Å². The van der Waals surface area contributed by atoms with Gasteiger partial charge in [-0.25, -0.2) is 0 Å². The molecule has 2 nitrogen and oxygen atoms in total. The molecule has 2 aliphatic heterocycles. The molecule has 0 amide bonds. The highest BCUT2D eigenvalue weighted by molar-refractivity contribution is 7.00. The number of rotatable bonds is 10. The van der Waals surface area contributed by atoms with Crippen molar-refractivity contribution in [2.45, 2.75) is 52.4 Å². The molecule has 0 atom stereocenters. The topological polar surface area (TPSA) is 6.48 Å². The molecule has 2 heterocycles. The molecule has 0 spiro atoms. The molecule has 15 rings (SSSR count). The fraction of sp³-hybridized carbons (Fsp3) is 0.0930. The van der Waals surface area contributed by atoms with Crippen molar-refractivity contribution >= 4 is 57.2 Å². The monoisotopic (exact) mass is 1140 g/mol. The summed E-state index contributed by atoms with van der Waals surface area (Å²) in [6, 6.07) is 116. The average molecular weight is 1140 g/mol. The number of para-hydroxylation sites is 2. The molecule has 13 aromatic rings. The van der Waals surface area contributed by atoms with Crippen molar-refractivity contribution in [2.75, 3.05) is 9.80 Å². The van der Waals surface area contributed by atoms with E-state index in [1.807, 2.05) is 0 Å². The van der Waals surface area contributed by atoms with Crippen molar-refractivity contribution < 1.29 is 0 Å². The van der Waals surface area contributed by atoms with Gasteiger partial charge < -0.3 is 9.80 Å². The van der Waals surface area contributed by atoms with Gasteiger partial charge in [-0.2, -0.15) is 0 Å². The Morgan fingerprint density at radius 1 is 0.213 bits per heavy atom. The normalized spacial score (nSPS) is 12.5. The van der Waals surface area contributed by atoms with Crippen LogP contribution in [0.3, 0.4) is 0 Å². The van der Waals surface area contributed by atoms with Crippen LogP contribution < -0.4 is 26.2 Å². The smallest absolute Gasteiger partial charge is 0.252 e. The Morgan fingerprint density at radius 3 is 0.854 bits per heavy atom. The maximum Gasteiger partial charge on any atom is 0.252 e. The van der Waals surface area contributed by atoms with Crippen LogP contribution in [-0.4, -0.2) is 6.71 Å². The van der Waals surface area contributed by atoms with Gasteiger partial charge >= 0.3 is 0 Å².